The van der Waals surface area contributed by atoms with Gasteiger partial charge in [-0.15, -0.1) is 0 Å². The molecule has 0 spiro atoms. The lowest BCUT2D eigenvalue weighted by molar-refractivity contribution is -0.138. The highest BCUT2D eigenvalue weighted by molar-refractivity contribution is 7.10. The van der Waals surface area contributed by atoms with Gasteiger partial charge in [0.05, 0.1) is 15.4 Å². The predicted molar refractivity (Wildman–Crippen MR) is 75.6 cm³/mol. The van der Waals surface area contributed by atoms with Crippen LogP contribution in [0.2, 0.25) is 0 Å². The molecule has 102 valence electrons. The predicted octanol–water partition coefficient (Wildman–Crippen LogP) is 3.42. The summed E-state index contributed by atoms with van der Waals surface area (Å²) in [5.74, 6) is -0.348. The number of rotatable bonds is 10. The topological polar surface area (TPSA) is 52.3 Å². The molecule has 0 saturated heterocycles. The molecule has 0 saturated carbocycles. The number of carbonyl (C=O) groups is 1. The molecule has 0 aromatic rings. The van der Waals surface area contributed by atoms with Crippen LogP contribution in [0.4, 0.5) is 0 Å². The Morgan fingerprint density at radius 2 is 1.76 bits per heavy atom. The fourth-order valence-corrected chi connectivity index (χ4v) is 2.27. The van der Waals surface area contributed by atoms with Crippen molar-refractivity contribution in [2.24, 2.45) is 11.7 Å². The molecule has 2 N–H and O–H groups in total. The molecule has 17 heavy (non-hydrogen) atoms. The van der Waals surface area contributed by atoms with Crippen molar-refractivity contribution in [3.63, 3.8) is 0 Å². The van der Waals surface area contributed by atoms with Gasteiger partial charge in [0.2, 0.25) is 0 Å². The van der Waals surface area contributed by atoms with Gasteiger partial charge < -0.3 is 10.3 Å². The van der Waals surface area contributed by atoms with E-state index >= 15 is 0 Å². The summed E-state index contributed by atoms with van der Waals surface area (Å²) >= 11 is 0. The molecule has 4 heteroatoms. The van der Waals surface area contributed by atoms with E-state index in [4.69, 9.17) is 5.73 Å². The van der Waals surface area contributed by atoms with Crippen molar-refractivity contribution in [2.75, 3.05) is 0 Å². The summed E-state index contributed by atoms with van der Waals surface area (Å²) in [5, 5.41) is 0. The zero-order valence-corrected chi connectivity index (χ0v) is 12.4. The molecular weight excluding hydrogens is 233 g/mol. The van der Waals surface area contributed by atoms with Gasteiger partial charge >= 0.3 is 5.97 Å². The monoisotopic (exact) mass is 261 g/mol. The fraction of sp³-hybridized carbons (Fsp3) is 0.923. The zero-order valence-electron chi connectivity index (χ0n) is 11.3. The first kappa shape index (κ1) is 16.9. The maximum absolute atomic E-state index is 11.4. The van der Waals surface area contributed by atoms with Crippen LogP contribution in [0.3, 0.4) is 0 Å². The minimum Gasteiger partial charge on any atom is -0.451 e. The molecule has 0 aliphatic rings. The second-order valence-corrected chi connectivity index (χ2v) is 4.91. The van der Waals surface area contributed by atoms with Gasteiger partial charge in [0, 0.05) is 6.04 Å². The molecule has 0 aromatic carbocycles. The summed E-state index contributed by atoms with van der Waals surface area (Å²) in [6.45, 7) is 4.20. The highest BCUT2D eigenvalue weighted by Gasteiger charge is 2.23. The third kappa shape index (κ3) is 7.72. The van der Waals surface area contributed by atoms with Crippen LogP contribution in [-0.2, 0) is 9.32 Å². The Morgan fingerprint density at radius 1 is 1.18 bits per heavy atom. The van der Waals surface area contributed by atoms with Crippen molar-refractivity contribution in [1.82, 2.24) is 0 Å². The highest BCUT2D eigenvalue weighted by atomic mass is 31.0. The molecule has 0 amide bonds. The molecule has 0 radical (unpaired) electrons. The number of nitrogens with two attached hydrogens (primary N) is 1. The Hall–Kier alpha value is -0.140. The molecule has 0 aromatic heterocycles. The molecule has 0 rings (SSSR count). The van der Waals surface area contributed by atoms with E-state index in [9.17, 15) is 4.79 Å². The lowest BCUT2D eigenvalue weighted by Crippen LogP contribution is -2.35. The normalized spacial score (nSPS) is 14.4. The van der Waals surface area contributed by atoms with Gasteiger partial charge in [-0.3, -0.25) is 4.79 Å². The largest absolute Gasteiger partial charge is 0.451 e. The van der Waals surface area contributed by atoms with E-state index in [0.29, 0.717) is 0 Å². The Bertz CT molecular complexity index is 200. The van der Waals surface area contributed by atoms with Crippen LogP contribution < -0.4 is 5.73 Å². The highest BCUT2D eigenvalue weighted by Crippen LogP contribution is 2.17. The standard InChI is InChI=1S/C13H28NO2P/c1-3-5-6-7-8-9-10-12(14)11(4-2)13(15)16-17/h11-12H,3-10,14,17H2,1-2H3. The third-order valence-corrected chi connectivity index (χ3v) is 3.50. The van der Waals surface area contributed by atoms with Crippen molar-refractivity contribution in [2.45, 2.75) is 71.3 Å². The number of unbranched alkanes of at least 4 members (excludes halogenated alkanes) is 5. The lowest BCUT2D eigenvalue weighted by Gasteiger charge is -2.19. The molecule has 0 bridgehead atoms. The van der Waals surface area contributed by atoms with Crippen LogP contribution in [0.5, 0.6) is 0 Å². The first-order valence-electron chi connectivity index (χ1n) is 6.83. The van der Waals surface area contributed by atoms with E-state index in [1.165, 1.54) is 32.1 Å². The summed E-state index contributed by atoms with van der Waals surface area (Å²) in [6, 6.07) is -0.0563. The van der Waals surface area contributed by atoms with Crippen molar-refractivity contribution in [3.05, 3.63) is 0 Å². The minimum absolute atomic E-state index is 0.0563. The quantitative estimate of drug-likeness (QED) is 0.484. The van der Waals surface area contributed by atoms with Crippen molar-refractivity contribution < 1.29 is 9.32 Å². The Balaban J connectivity index is 3.68. The number of carbonyl (C=O) groups excluding carboxylic acids is 1. The van der Waals surface area contributed by atoms with Gasteiger partial charge in [0.25, 0.3) is 0 Å². The van der Waals surface area contributed by atoms with Gasteiger partial charge in [-0.2, -0.15) is 0 Å². The maximum Gasteiger partial charge on any atom is 0.312 e. The van der Waals surface area contributed by atoms with E-state index in [1.54, 1.807) is 0 Å². The lowest BCUT2D eigenvalue weighted by atomic mass is 9.93. The second kappa shape index (κ2) is 11.0. The second-order valence-electron chi connectivity index (χ2n) is 4.67. The van der Waals surface area contributed by atoms with E-state index in [-0.39, 0.29) is 17.9 Å². The maximum atomic E-state index is 11.4. The Labute approximate surface area is 108 Å². The van der Waals surface area contributed by atoms with Gasteiger partial charge in [-0.1, -0.05) is 52.4 Å². The minimum atomic E-state index is -0.198. The smallest absolute Gasteiger partial charge is 0.312 e. The zero-order chi connectivity index (χ0) is 13.1. The van der Waals surface area contributed by atoms with Crippen LogP contribution >= 0.6 is 9.47 Å². The Kier molecular flexibility index (Phi) is 10.9. The van der Waals surface area contributed by atoms with Crippen LogP contribution in [0.1, 0.15) is 65.2 Å². The van der Waals surface area contributed by atoms with E-state index < -0.39 is 0 Å². The first-order chi connectivity index (χ1) is 8.17. The molecule has 0 heterocycles. The van der Waals surface area contributed by atoms with Gasteiger partial charge in [-0.25, -0.2) is 0 Å². The van der Waals surface area contributed by atoms with E-state index in [2.05, 4.69) is 11.4 Å². The summed E-state index contributed by atoms with van der Waals surface area (Å²) in [5.41, 5.74) is 6.04. The van der Waals surface area contributed by atoms with Gasteiger partial charge in [-0.05, 0) is 12.8 Å². The molecule has 3 unspecified atom stereocenters. The van der Waals surface area contributed by atoms with Crippen LogP contribution in [0, 0.1) is 5.92 Å². The molecule has 0 fully saturated rings. The van der Waals surface area contributed by atoms with Crippen molar-refractivity contribution in [1.29, 1.82) is 0 Å². The molecule has 3 nitrogen and oxygen atoms in total. The molecule has 3 atom stereocenters. The van der Waals surface area contributed by atoms with Crippen molar-refractivity contribution in [3.8, 4) is 0 Å². The van der Waals surface area contributed by atoms with Crippen LogP contribution in [-0.4, -0.2) is 12.0 Å². The van der Waals surface area contributed by atoms with E-state index in [1.807, 2.05) is 16.4 Å². The average molecular weight is 261 g/mol. The number of hydrogen-bond acceptors (Lipinski definition) is 3. The Morgan fingerprint density at radius 3 is 2.29 bits per heavy atom. The summed E-state index contributed by atoms with van der Waals surface area (Å²) < 4.78 is 4.68. The summed E-state index contributed by atoms with van der Waals surface area (Å²) in [7, 11) is 2.01. The van der Waals surface area contributed by atoms with Crippen LogP contribution in [0.15, 0.2) is 0 Å². The molecular formula is C13H28NO2P. The molecule has 0 aliphatic carbocycles. The summed E-state index contributed by atoms with van der Waals surface area (Å²) in [6.07, 6.45) is 9.21. The van der Waals surface area contributed by atoms with Crippen molar-refractivity contribution >= 4 is 15.4 Å². The average Bonchev–Trinajstić information content (AvgIpc) is 2.34. The SMILES string of the molecule is CCCCCCCCC(N)C(CC)C(=O)OP. The first-order valence-corrected chi connectivity index (χ1v) is 7.30. The summed E-state index contributed by atoms with van der Waals surface area (Å²) in [4.78, 5) is 11.4. The van der Waals surface area contributed by atoms with Crippen LogP contribution in [0.25, 0.3) is 0 Å². The van der Waals surface area contributed by atoms with Gasteiger partial charge in [0.15, 0.2) is 0 Å². The van der Waals surface area contributed by atoms with E-state index in [0.717, 1.165) is 19.3 Å². The van der Waals surface area contributed by atoms with Gasteiger partial charge in [0.1, 0.15) is 0 Å². The fourth-order valence-electron chi connectivity index (χ4n) is 2.09. The third-order valence-electron chi connectivity index (χ3n) is 3.27. The molecule has 0 aliphatic heterocycles. The number of hydrogen-bond donors (Lipinski definition) is 1.